The number of benzene rings is 2. The molecule has 0 fully saturated rings. The first-order chi connectivity index (χ1) is 12.0. The zero-order valence-corrected chi connectivity index (χ0v) is 14.6. The first kappa shape index (κ1) is 18.8. The topological polar surface area (TPSA) is 78.5 Å². The van der Waals surface area contributed by atoms with Gasteiger partial charge in [0.05, 0.1) is 19.1 Å². The maximum Gasteiger partial charge on any atom is 0.224 e. The predicted molar refractivity (Wildman–Crippen MR) is 93.3 cm³/mol. The van der Waals surface area contributed by atoms with Crippen LogP contribution in [-0.4, -0.2) is 18.5 Å². The molecule has 0 radical (unpaired) electrons. The number of aliphatic carboxylic acids is 1. The van der Waals surface area contributed by atoms with Gasteiger partial charge in [-0.05, 0) is 42.3 Å². The van der Waals surface area contributed by atoms with Crippen molar-refractivity contribution in [1.82, 2.24) is 5.32 Å². The van der Waals surface area contributed by atoms with Crippen LogP contribution in [0.2, 0.25) is 5.02 Å². The Morgan fingerprint density at radius 2 is 1.76 bits per heavy atom. The number of hydrogen-bond acceptors (Lipinski definition) is 4. The Balaban J connectivity index is 2.07. The predicted octanol–water partition coefficient (Wildman–Crippen LogP) is 2.28. The van der Waals surface area contributed by atoms with Crippen LogP contribution in [0.5, 0.6) is 5.75 Å². The summed E-state index contributed by atoms with van der Waals surface area (Å²) in [6, 6.07) is 13.2. The van der Waals surface area contributed by atoms with Crippen LogP contribution in [0.25, 0.3) is 0 Å². The van der Waals surface area contributed by atoms with E-state index < -0.39 is 12.0 Å². The zero-order valence-electron chi connectivity index (χ0n) is 13.8. The maximum atomic E-state index is 12.2. The number of carboxylic acids is 1. The molecule has 5 nitrogen and oxygen atoms in total. The van der Waals surface area contributed by atoms with E-state index >= 15 is 0 Å². The van der Waals surface area contributed by atoms with Gasteiger partial charge in [0.15, 0.2) is 0 Å². The fraction of sp³-hybridized carbons (Fsp3) is 0.263. The second-order valence-electron chi connectivity index (χ2n) is 5.50. The highest BCUT2D eigenvalue weighted by molar-refractivity contribution is 6.30. The number of halogens is 1. The molecule has 0 unspecified atom stereocenters. The Bertz CT molecular complexity index is 713. The molecule has 0 aromatic heterocycles. The standard InChI is InChI=1S/C19H20ClNO4/c1-2-25-16-9-5-14(6-10-16)17(12-19(23)24)21-18(22)11-13-3-7-15(20)8-4-13/h3-10,17H,2,11-12H2,1H3,(H,21,22)(H,23,24)/p-1/t17-/m0/s1. The van der Waals surface area contributed by atoms with Crippen LogP contribution in [0.15, 0.2) is 48.5 Å². The van der Waals surface area contributed by atoms with E-state index in [1.165, 1.54) is 0 Å². The molecule has 0 saturated heterocycles. The van der Waals surface area contributed by atoms with E-state index in [2.05, 4.69) is 5.32 Å². The third-order valence-electron chi connectivity index (χ3n) is 3.58. The molecular formula is C19H19ClNO4-. The van der Waals surface area contributed by atoms with E-state index in [0.29, 0.717) is 22.9 Å². The zero-order chi connectivity index (χ0) is 18.2. The SMILES string of the molecule is CCOc1ccc([C@H](CC(=O)[O-])NC(=O)Cc2ccc(Cl)cc2)cc1. The van der Waals surface area contributed by atoms with Crippen LogP contribution < -0.4 is 15.2 Å². The van der Waals surface area contributed by atoms with E-state index in [9.17, 15) is 14.7 Å². The van der Waals surface area contributed by atoms with E-state index in [1.54, 1.807) is 48.5 Å². The highest BCUT2D eigenvalue weighted by atomic mass is 35.5. The molecule has 0 heterocycles. The van der Waals surface area contributed by atoms with Gasteiger partial charge in [-0.2, -0.15) is 0 Å². The summed E-state index contributed by atoms with van der Waals surface area (Å²) >= 11 is 5.82. The Morgan fingerprint density at radius 3 is 2.32 bits per heavy atom. The molecule has 0 bridgehead atoms. The van der Waals surface area contributed by atoms with Gasteiger partial charge in [0, 0.05) is 17.4 Å². The Hall–Kier alpha value is -2.53. The van der Waals surface area contributed by atoms with Gasteiger partial charge in [-0.15, -0.1) is 0 Å². The summed E-state index contributed by atoms with van der Waals surface area (Å²) in [5.41, 5.74) is 1.47. The molecular weight excluding hydrogens is 342 g/mol. The molecule has 2 aromatic carbocycles. The lowest BCUT2D eigenvalue weighted by atomic mass is 10.0. The summed E-state index contributed by atoms with van der Waals surface area (Å²) in [6.45, 7) is 2.42. The minimum Gasteiger partial charge on any atom is -0.550 e. The van der Waals surface area contributed by atoms with Crippen LogP contribution in [0, 0.1) is 0 Å². The molecule has 0 aliphatic carbocycles. The number of hydrogen-bond donors (Lipinski definition) is 1. The Morgan fingerprint density at radius 1 is 1.12 bits per heavy atom. The molecule has 0 spiro atoms. The fourth-order valence-corrected chi connectivity index (χ4v) is 2.54. The van der Waals surface area contributed by atoms with Crippen LogP contribution in [-0.2, 0) is 16.0 Å². The second-order valence-corrected chi connectivity index (χ2v) is 5.94. The van der Waals surface area contributed by atoms with Gasteiger partial charge in [-0.25, -0.2) is 0 Å². The largest absolute Gasteiger partial charge is 0.550 e. The van der Waals surface area contributed by atoms with Crippen molar-refractivity contribution in [2.45, 2.75) is 25.8 Å². The van der Waals surface area contributed by atoms with Crippen molar-refractivity contribution in [3.05, 3.63) is 64.7 Å². The van der Waals surface area contributed by atoms with Gasteiger partial charge in [0.2, 0.25) is 5.91 Å². The minimum atomic E-state index is -1.23. The molecule has 1 atom stereocenters. The van der Waals surface area contributed by atoms with Crippen molar-refractivity contribution in [3.8, 4) is 5.75 Å². The number of carbonyl (C=O) groups is 2. The van der Waals surface area contributed by atoms with E-state index in [0.717, 1.165) is 5.56 Å². The van der Waals surface area contributed by atoms with Gasteiger partial charge in [0.25, 0.3) is 0 Å². The van der Waals surface area contributed by atoms with Crippen molar-refractivity contribution in [2.75, 3.05) is 6.61 Å². The monoisotopic (exact) mass is 360 g/mol. The third kappa shape index (κ3) is 6.12. The highest BCUT2D eigenvalue weighted by Gasteiger charge is 2.15. The molecule has 132 valence electrons. The Labute approximate surface area is 151 Å². The fourth-order valence-electron chi connectivity index (χ4n) is 2.41. The first-order valence-electron chi connectivity index (χ1n) is 7.94. The lowest BCUT2D eigenvalue weighted by Crippen LogP contribution is -2.35. The van der Waals surface area contributed by atoms with Crippen molar-refractivity contribution in [3.63, 3.8) is 0 Å². The molecule has 0 saturated carbocycles. The third-order valence-corrected chi connectivity index (χ3v) is 3.83. The summed E-state index contributed by atoms with van der Waals surface area (Å²) in [4.78, 5) is 23.3. The molecule has 0 aliphatic rings. The minimum absolute atomic E-state index is 0.137. The number of amides is 1. The van der Waals surface area contributed by atoms with E-state index in [4.69, 9.17) is 16.3 Å². The molecule has 2 aromatic rings. The average Bonchev–Trinajstić information content (AvgIpc) is 2.57. The molecule has 25 heavy (non-hydrogen) atoms. The first-order valence-corrected chi connectivity index (χ1v) is 8.32. The Kier molecular flexibility index (Phi) is 6.83. The van der Waals surface area contributed by atoms with Gasteiger partial charge < -0.3 is 20.0 Å². The summed E-state index contributed by atoms with van der Waals surface area (Å²) in [5.74, 6) is -0.820. The summed E-state index contributed by atoms with van der Waals surface area (Å²) < 4.78 is 5.36. The van der Waals surface area contributed by atoms with Crippen LogP contribution in [0.4, 0.5) is 0 Å². The summed E-state index contributed by atoms with van der Waals surface area (Å²) in [6.07, 6.45) is -0.169. The summed E-state index contributed by atoms with van der Waals surface area (Å²) in [5, 5.41) is 14.4. The number of nitrogens with one attached hydrogen (secondary N) is 1. The van der Waals surface area contributed by atoms with Crippen molar-refractivity contribution < 1.29 is 19.4 Å². The lowest BCUT2D eigenvalue weighted by Gasteiger charge is -2.20. The molecule has 6 heteroatoms. The van der Waals surface area contributed by atoms with Crippen LogP contribution in [0.3, 0.4) is 0 Å². The maximum absolute atomic E-state index is 12.2. The van der Waals surface area contributed by atoms with Crippen molar-refractivity contribution in [1.29, 1.82) is 0 Å². The van der Waals surface area contributed by atoms with Gasteiger partial charge in [-0.1, -0.05) is 35.9 Å². The average molecular weight is 361 g/mol. The van der Waals surface area contributed by atoms with Crippen LogP contribution >= 0.6 is 11.6 Å². The number of ether oxygens (including phenoxy) is 1. The van der Waals surface area contributed by atoms with Crippen molar-refractivity contribution >= 4 is 23.5 Å². The highest BCUT2D eigenvalue weighted by Crippen LogP contribution is 2.21. The van der Waals surface area contributed by atoms with Gasteiger partial charge in [-0.3, -0.25) is 4.79 Å². The van der Waals surface area contributed by atoms with Gasteiger partial charge in [0.1, 0.15) is 5.75 Å². The number of carboxylic acid groups (broad SMARTS) is 1. The molecule has 2 rings (SSSR count). The quantitative estimate of drug-likeness (QED) is 0.783. The molecule has 1 amide bonds. The van der Waals surface area contributed by atoms with E-state index in [-0.39, 0.29) is 18.7 Å². The number of rotatable bonds is 8. The normalized spacial score (nSPS) is 11.6. The lowest BCUT2D eigenvalue weighted by molar-refractivity contribution is -0.306. The van der Waals surface area contributed by atoms with Crippen molar-refractivity contribution in [2.24, 2.45) is 0 Å². The van der Waals surface area contributed by atoms with E-state index in [1.807, 2.05) is 6.92 Å². The molecule has 1 N–H and O–H groups in total. The van der Waals surface area contributed by atoms with Gasteiger partial charge >= 0.3 is 0 Å². The molecule has 0 aliphatic heterocycles. The number of carbonyl (C=O) groups excluding carboxylic acids is 2. The second kappa shape index (κ2) is 9.08. The van der Waals surface area contributed by atoms with Crippen LogP contribution in [0.1, 0.15) is 30.5 Å². The summed E-state index contributed by atoms with van der Waals surface area (Å²) in [7, 11) is 0. The smallest absolute Gasteiger partial charge is 0.224 e.